The number of amides is 2. The van der Waals surface area contributed by atoms with E-state index >= 15 is 0 Å². The van der Waals surface area contributed by atoms with E-state index in [1.54, 1.807) is 6.07 Å². The Morgan fingerprint density at radius 3 is 2.84 bits per heavy atom. The van der Waals surface area contributed by atoms with Gasteiger partial charge in [-0.25, -0.2) is 0 Å². The van der Waals surface area contributed by atoms with Crippen LogP contribution >= 0.6 is 0 Å². The van der Waals surface area contributed by atoms with Crippen LogP contribution in [-0.2, 0) is 4.79 Å². The molecular formula is C19H22N4O2. The number of H-pyrrole nitrogens is 1. The van der Waals surface area contributed by atoms with E-state index in [1.165, 1.54) is 0 Å². The summed E-state index contributed by atoms with van der Waals surface area (Å²) >= 11 is 0. The predicted molar refractivity (Wildman–Crippen MR) is 98.5 cm³/mol. The number of nitrogens with one attached hydrogen (secondary N) is 2. The Kier molecular flexibility index (Phi) is 4.41. The summed E-state index contributed by atoms with van der Waals surface area (Å²) < 4.78 is 0. The van der Waals surface area contributed by atoms with Gasteiger partial charge in [0.2, 0.25) is 0 Å². The molecule has 130 valence electrons. The van der Waals surface area contributed by atoms with Crippen molar-refractivity contribution in [1.29, 1.82) is 0 Å². The smallest absolute Gasteiger partial charge is 0.295 e. The molecular weight excluding hydrogens is 316 g/mol. The fourth-order valence-corrected chi connectivity index (χ4v) is 3.58. The first kappa shape index (κ1) is 16.9. The molecule has 1 aromatic carbocycles. The van der Waals surface area contributed by atoms with Crippen LogP contribution in [0.4, 0.5) is 5.69 Å². The summed E-state index contributed by atoms with van der Waals surface area (Å²) in [5.41, 5.74) is 9.94. The molecule has 2 aromatic rings. The molecule has 1 unspecified atom stereocenters. The first-order valence-corrected chi connectivity index (χ1v) is 8.36. The van der Waals surface area contributed by atoms with Crippen LogP contribution in [-0.4, -0.2) is 35.9 Å². The van der Waals surface area contributed by atoms with Gasteiger partial charge in [0.1, 0.15) is 0 Å². The number of primary amides is 1. The molecule has 0 aliphatic carbocycles. The number of carbonyl (C=O) groups is 2. The van der Waals surface area contributed by atoms with Gasteiger partial charge in [-0.05, 0) is 50.3 Å². The second-order valence-corrected chi connectivity index (χ2v) is 6.52. The molecule has 1 saturated heterocycles. The average Bonchev–Trinajstić information content (AvgIpc) is 2.89. The minimum Gasteiger partial charge on any atom is -0.369 e. The fourth-order valence-electron chi connectivity index (χ4n) is 3.58. The third-order valence-corrected chi connectivity index (χ3v) is 4.93. The van der Waals surface area contributed by atoms with E-state index in [0.29, 0.717) is 12.1 Å². The van der Waals surface area contributed by atoms with Crippen LogP contribution in [0, 0.1) is 26.2 Å². The Hall–Kier alpha value is -2.94. The third-order valence-electron chi connectivity index (χ3n) is 4.93. The highest BCUT2D eigenvalue weighted by atomic mass is 16.1. The molecule has 0 spiro atoms. The van der Waals surface area contributed by atoms with E-state index in [4.69, 9.17) is 12.2 Å². The van der Waals surface area contributed by atoms with Crippen LogP contribution in [0.1, 0.15) is 34.5 Å². The van der Waals surface area contributed by atoms with E-state index in [0.717, 1.165) is 47.2 Å². The van der Waals surface area contributed by atoms with E-state index < -0.39 is 5.91 Å². The van der Waals surface area contributed by atoms with Gasteiger partial charge >= 0.3 is 0 Å². The number of fused-ring (bicyclic) bond motifs is 1. The maximum Gasteiger partial charge on any atom is 0.295 e. The number of rotatable bonds is 3. The lowest BCUT2D eigenvalue weighted by Gasteiger charge is -2.35. The number of benzene rings is 1. The topological polar surface area (TPSA) is 91.2 Å². The Bertz CT molecular complexity index is 891. The van der Waals surface area contributed by atoms with Crippen molar-refractivity contribution in [1.82, 2.24) is 10.3 Å². The van der Waals surface area contributed by atoms with E-state index in [1.807, 2.05) is 19.9 Å². The highest BCUT2D eigenvalue weighted by molar-refractivity contribution is 6.10. The molecule has 4 N–H and O–H groups in total. The van der Waals surface area contributed by atoms with Crippen molar-refractivity contribution in [3.63, 3.8) is 0 Å². The van der Waals surface area contributed by atoms with Crippen LogP contribution in [0.25, 0.3) is 10.9 Å². The van der Waals surface area contributed by atoms with Gasteiger partial charge < -0.3 is 20.9 Å². The summed E-state index contributed by atoms with van der Waals surface area (Å²) in [7, 11) is 0. The molecule has 25 heavy (non-hydrogen) atoms. The summed E-state index contributed by atoms with van der Waals surface area (Å²) in [6, 6.07) is 3.72. The maximum atomic E-state index is 11.8. The Morgan fingerprint density at radius 1 is 1.40 bits per heavy atom. The van der Waals surface area contributed by atoms with Crippen LogP contribution in [0.2, 0.25) is 0 Å². The summed E-state index contributed by atoms with van der Waals surface area (Å²) in [4.78, 5) is 28.8. The largest absolute Gasteiger partial charge is 0.369 e. The minimum atomic E-state index is -0.449. The van der Waals surface area contributed by atoms with Gasteiger partial charge in [-0.15, -0.1) is 6.42 Å². The second kappa shape index (κ2) is 6.52. The molecule has 1 atom stereocenters. The molecule has 0 saturated carbocycles. The third kappa shape index (κ3) is 3.05. The molecule has 3 rings (SSSR count). The van der Waals surface area contributed by atoms with Crippen LogP contribution < -0.4 is 16.0 Å². The van der Waals surface area contributed by atoms with E-state index in [-0.39, 0.29) is 11.9 Å². The molecule has 6 nitrogen and oxygen atoms in total. The number of hydrogen-bond acceptors (Lipinski definition) is 3. The zero-order valence-corrected chi connectivity index (χ0v) is 14.5. The van der Waals surface area contributed by atoms with Crippen molar-refractivity contribution < 1.29 is 9.59 Å². The number of aromatic amines is 1. The van der Waals surface area contributed by atoms with Crippen LogP contribution in [0.3, 0.4) is 0 Å². The van der Waals surface area contributed by atoms with Gasteiger partial charge in [-0.2, -0.15) is 0 Å². The van der Waals surface area contributed by atoms with Gasteiger partial charge in [0.15, 0.2) is 0 Å². The number of hydrogen-bond donors (Lipinski definition) is 3. The molecule has 1 aromatic heterocycles. The molecule has 0 radical (unpaired) electrons. The summed E-state index contributed by atoms with van der Waals surface area (Å²) in [6.07, 6.45) is 7.01. The average molecular weight is 338 g/mol. The van der Waals surface area contributed by atoms with Crippen molar-refractivity contribution in [2.75, 3.05) is 18.0 Å². The molecule has 1 aliphatic heterocycles. The summed E-state index contributed by atoms with van der Waals surface area (Å²) in [6.45, 7) is 5.58. The number of aromatic nitrogens is 1. The summed E-state index contributed by atoms with van der Waals surface area (Å²) in [5.74, 6) is 1.28. The number of piperidine rings is 1. The van der Waals surface area contributed by atoms with E-state index in [2.05, 4.69) is 21.1 Å². The standard InChI is InChI=1S/C19H22N4O2/c1-4-16(24)22-13-6-5-9-23(10-13)15-8-7-14(19(20)25)18-17(15)11(2)12(3)21-18/h1,7-8,13,21H,5-6,9-10H2,2-3H3,(H2,20,25)(H,22,24). The highest BCUT2D eigenvalue weighted by Gasteiger charge is 2.24. The molecule has 2 heterocycles. The number of aryl methyl sites for hydroxylation is 2. The predicted octanol–water partition coefficient (Wildman–Crippen LogP) is 1.60. The fraction of sp³-hybridized carbons (Fsp3) is 0.368. The van der Waals surface area contributed by atoms with Crippen molar-refractivity contribution in [2.24, 2.45) is 5.73 Å². The number of carbonyl (C=O) groups excluding carboxylic acids is 2. The number of nitrogens with two attached hydrogens (primary N) is 1. The van der Waals surface area contributed by atoms with Gasteiger partial charge in [0.05, 0.1) is 11.1 Å². The molecule has 0 bridgehead atoms. The summed E-state index contributed by atoms with van der Waals surface area (Å²) in [5, 5.41) is 3.88. The lowest BCUT2D eigenvalue weighted by molar-refractivity contribution is -0.116. The zero-order chi connectivity index (χ0) is 18.1. The molecule has 2 amide bonds. The SMILES string of the molecule is C#CC(=O)NC1CCCN(c2ccc(C(N)=O)c3[nH]c(C)c(C)c23)C1. The van der Waals surface area contributed by atoms with Gasteiger partial charge in [0.25, 0.3) is 11.8 Å². The van der Waals surface area contributed by atoms with Gasteiger partial charge in [-0.3, -0.25) is 9.59 Å². The Balaban J connectivity index is 2.01. The van der Waals surface area contributed by atoms with Crippen molar-refractivity contribution >= 4 is 28.4 Å². The van der Waals surface area contributed by atoms with Crippen LogP contribution in [0.15, 0.2) is 12.1 Å². The van der Waals surface area contributed by atoms with Crippen molar-refractivity contribution in [3.8, 4) is 12.3 Å². The maximum absolute atomic E-state index is 11.8. The second-order valence-electron chi connectivity index (χ2n) is 6.52. The van der Waals surface area contributed by atoms with Gasteiger partial charge in [-0.1, -0.05) is 0 Å². The molecule has 6 heteroatoms. The monoisotopic (exact) mass is 338 g/mol. The van der Waals surface area contributed by atoms with Crippen molar-refractivity contribution in [3.05, 3.63) is 29.0 Å². The van der Waals surface area contributed by atoms with Crippen LogP contribution in [0.5, 0.6) is 0 Å². The first-order valence-electron chi connectivity index (χ1n) is 8.36. The number of nitrogens with zero attached hydrogens (tertiary/aromatic N) is 1. The number of terminal acetylenes is 1. The Labute approximate surface area is 146 Å². The number of anilines is 1. The van der Waals surface area contributed by atoms with Crippen molar-refractivity contribution in [2.45, 2.75) is 32.7 Å². The highest BCUT2D eigenvalue weighted by Crippen LogP contribution is 2.34. The molecule has 1 aliphatic rings. The lowest BCUT2D eigenvalue weighted by atomic mass is 10.0. The normalized spacial score (nSPS) is 17.3. The molecule has 1 fully saturated rings. The Morgan fingerprint density at radius 2 is 2.16 bits per heavy atom. The zero-order valence-electron chi connectivity index (χ0n) is 14.5. The van der Waals surface area contributed by atoms with Gasteiger partial charge in [0, 0.05) is 35.9 Å². The first-order chi connectivity index (χ1) is 11.9. The lowest BCUT2D eigenvalue weighted by Crippen LogP contribution is -2.47. The minimum absolute atomic E-state index is 0.0171. The van der Waals surface area contributed by atoms with E-state index in [9.17, 15) is 9.59 Å². The quantitative estimate of drug-likeness (QED) is 0.743.